The maximum absolute atomic E-state index is 11.3. The third-order valence-electron chi connectivity index (χ3n) is 2.24. The Hall–Kier alpha value is 0.310. The van der Waals surface area contributed by atoms with E-state index in [9.17, 15) is 4.79 Å². The SMILES string of the molecule is CC1(C)SCCC1C(=O)CCl. The standard InChI is InChI=1S/C8H13ClOS/c1-8(2)6(3-4-11-8)7(10)5-9/h6H,3-5H2,1-2H3. The molecular formula is C8H13ClOS. The van der Waals surface area contributed by atoms with Crippen LogP contribution in [0.25, 0.3) is 0 Å². The molecule has 0 spiro atoms. The fraction of sp³-hybridized carbons (Fsp3) is 0.875. The number of carbonyl (C=O) groups is 1. The highest BCUT2D eigenvalue weighted by atomic mass is 35.5. The molecule has 0 amide bonds. The molecule has 64 valence electrons. The van der Waals surface area contributed by atoms with Gasteiger partial charge in [-0.05, 0) is 26.0 Å². The van der Waals surface area contributed by atoms with Crippen LogP contribution in [0.15, 0.2) is 0 Å². The number of thioether (sulfide) groups is 1. The van der Waals surface area contributed by atoms with E-state index in [1.54, 1.807) is 0 Å². The maximum Gasteiger partial charge on any atom is 0.152 e. The van der Waals surface area contributed by atoms with Crippen LogP contribution in [0.4, 0.5) is 0 Å². The van der Waals surface area contributed by atoms with Crippen LogP contribution in [-0.2, 0) is 4.79 Å². The number of carbonyl (C=O) groups excluding carboxylic acids is 1. The number of alkyl halides is 1. The molecule has 0 radical (unpaired) electrons. The van der Waals surface area contributed by atoms with Crippen molar-refractivity contribution in [3.05, 3.63) is 0 Å². The zero-order valence-corrected chi connectivity index (χ0v) is 8.47. The van der Waals surface area contributed by atoms with E-state index >= 15 is 0 Å². The van der Waals surface area contributed by atoms with Crippen LogP contribution < -0.4 is 0 Å². The minimum atomic E-state index is 0.117. The molecule has 1 fully saturated rings. The zero-order chi connectivity index (χ0) is 8.48. The van der Waals surface area contributed by atoms with Crippen LogP contribution in [0.2, 0.25) is 0 Å². The molecule has 1 rings (SSSR count). The molecule has 1 aliphatic heterocycles. The lowest BCUT2D eigenvalue weighted by Gasteiger charge is -2.23. The lowest BCUT2D eigenvalue weighted by atomic mass is 9.89. The van der Waals surface area contributed by atoms with Crippen LogP contribution in [0, 0.1) is 5.92 Å². The van der Waals surface area contributed by atoms with Crippen molar-refractivity contribution >= 4 is 29.1 Å². The second kappa shape index (κ2) is 3.36. The number of ketones is 1. The number of rotatable bonds is 2. The first-order chi connectivity index (χ1) is 5.08. The van der Waals surface area contributed by atoms with E-state index in [0.717, 1.165) is 12.2 Å². The largest absolute Gasteiger partial charge is 0.298 e. The average Bonchev–Trinajstić information content (AvgIpc) is 2.28. The van der Waals surface area contributed by atoms with Crippen molar-refractivity contribution in [3.8, 4) is 0 Å². The minimum absolute atomic E-state index is 0.117. The van der Waals surface area contributed by atoms with Gasteiger partial charge in [0, 0.05) is 10.7 Å². The molecule has 1 saturated heterocycles. The van der Waals surface area contributed by atoms with Gasteiger partial charge in [-0.1, -0.05) is 0 Å². The van der Waals surface area contributed by atoms with Gasteiger partial charge >= 0.3 is 0 Å². The molecule has 0 aromatic rings. The molecule has 11 heavy (non-hydrogen) atoms. The Labute approximate surface area is 76.9 Å². The molecule has 3 heteroatoms. The Bertz CT molecular complexity index is 167. The maximum atomic E-state index is 11.3. The Morgan fingerprint density at radius 1 is 1.73 bits per heavy atom. The molecule has 0 aliphatic carbocycles. The van der Waals surface area contributed by atoms with Crippen LogP contribution in [0.3, 0.4) is 0 Å². The predicted octanol–water partition coefficient (Wildman–Crippen LogP) is 2.33. The molecule has 0 saturated carbocycles. The summed E-state index contributed by atoms with van der Waals surface area (Å²) in [4.78, 5) is 11.3. The fourth-order valence-corrected chi connectivity index (χ4v) is 3.05. The summed E-state index contributed by atoms with van der Waals surface area (Å²) < 4.78 is 0.117. The van der Waals surface area contributed by atoms with Crippen LogP contribution in [0.1, 0.15) is 20.3 Å². The first kappa shape index (κ1) is 9.40. The lowest BCUT2D eigenvalue weighted by Crippen LogP contribution is -2.30. The highest BCUT2D eigenvalue weighted by Crippen LogP contribution is 2.42. The summed E-state index contributed by atoms with van der Waals surface area (Å²) in [5.74, 6) is 1.67. The van der Waals surface area contributed by atoms with Gasteiger partial charge in [0.25, 0.3) is 0 Å². The van der Waals surface area contributed by atoms with E-state index in [2.05, 4.69) is 13.8 Å². The van der Waals surface area contributed by atoms with E-state index in [4.69, 9.17) is 11.6 Å². The van der Waals surface area contributed by atoms with Gasteiger partial charge in [0.05, 0.1) is 5.88 Å². The molecule has 1 unspecified atom stereocenters. The van der Waals surface area contributed by atoms with Gasteiger partial charge in [-0.15, -0.1) is 11.6 Å². The summed E-state index contributed by atoms with van der Waals surface area (Å²) in [6.45, 7) is 4.25. The van der Waals surface area contributed by atoms with E-state index in [1.807, 2.05) is 11.8 Å². The van der Waals surface area contributed by atoms with Crippen molar-refractivity contribution in [1.82, 2.24) is 0 Å². The number of Topliss-reactive ketones (excluding diaryl/α,β-unsaturated/α-hetero) is 1. The summed E-state index contributed by atoms with van der Waals surface area (Å²) in [5, 5.41) is 0. The Balaban J connectivity index is 2.64. The molecule has 0 aromatic heterocycles. The monoisotopic (exact) mass is 192 g/mol. The predicted molar refractivity (Wildman–Crippen MR) is 50.4 cm³/mol. The van der Waals surface area contributed by atoms with Crippen LogP contribution >= 0.6 is 23.4 Å². The van der Waals surface area contributed by atoms with Crippen LogP contribution in [-0.4, -0.2) is 22.2 Å². The highest BCUT2D eigenvalue weighted by Gasteiger charge is 2.39. The highest BCUT2D eigenvalue weighted by molar-refractivity contribution is 8.00. The van der Waals surface area contributed by atoms with Gasteiger partial charge in [-0.2, -0.15) is 11.8 Å². The van der Waals surface area contributed by atoms with Gasteiger partial charge in [-0.25, -0.2) is 0 Å². The molecule has 1 aliphatic rings. The van der Waals surface area contributed by atoms with E-state index in [1.165, 1.54) is 0 Å². The quantitative estimate of drug-likeness (QED) is 0.625. The molecule has 1 heterocycles. The molecular weight excluding hydrogens is 180 g/mol. The van der Waals surface area contributed by atoms with Crippen molar-refractivity contribution < 1.29 is 4.79 Å². The number of hydrogen-bond donors (Lipinski definition) is 0. The summed E-state index contributed by atoms with van der Waals surface area (Å²) in [6, 6.07) is 0. The third-order valence-corrected chi connectivity index (χ3v) is 3.97. The molecule has 1 atom stereocenters. The summed E-state index contributed by atoms with van der Waals surface area (Å²) in [7, 11) is 0. The van der Waals surface area contributed by atoms with E-state index in [-0.39, 0.29) is 22.3 Å². The van der Waals surface area contributed by atoms with Crippen LogP contribution in [0.5, 0.6) is 0 Å². The number of hydrogen-bond acceptors (Lipinski definition) is 2. The second-order valence-corrected chi connectivity index (χ2v) is 5.41. The topological polar surface area (TPSA) is 17.1 Å². The normalized spacial score (nSPS) is 28.8. The Morgan fingerprint density at radius 3 is 2.73 bits per heavy atom. The van der Waals surface area contributed by atoms with Gasteiger partial charge in [0.2, 0.25) is 0 Å². The Kier molecular flexibility index (Phi) is 2.87. The summed E-state index contributed by atoms with van der Waals surface area (Å²) >= 11 is 7.37. The van der Waals surface area contributed by atoms with Gasteiger partial charge < -0.3 is 0 Å². The smallest absolute Gasteiger partial charge is 0.152 e. The average molecular weight is 193 g/mol. The van der Waals surface area contributed by atoms with E-state index in [0.29, 0.717) is 0 Å². The van der Waals surface area contributed by atoms with Gasteiger partial charge in [0.1, 0.15) is 0 Å². The molecule has 0 N–H and O–H groups in total. The molecule has 1 nitrogen and oxygen atoms in total. The van der Waals surface area contributed by atoms with Gasteiger partial charge in [-0.3, -0.25) is 4.79 Å². The Morgan fingerprint density at radius 2 is 2.36 bits per heavy atom. The van der Waals surface area contributed by atoms with E-state index < -0.39 is 0 Å². The fourth-order valence-electron chi connectivity index (χ4n) is 1.53. The second-order valence-electron chi connectivity index (χ2n) is 3.39. The lowest BCUT2D eigenvalue weighted by molar-refractivity contribution is -0.120. The van der Waals surface area contributed by atoms with Crippen molar-refractivity contribution in [2.24, 2.45) is 5.92 Å². The van der Waals surface area contributed by atoms with Gasteiger partial charge in [0.15, 0.2) is 5.78 Å². The third kappa shape index (κ3) is 1.91. The summed E-state index contributed by atoms with van der Waals surface area (Å²) in [5.41, 5.74) is 0. The molecule has 0 aromatic carbocycles. The zero-order valence-electron chi connectivity index (χ0n) is 6.89. The summed E-state index contributed by atoms with van der Waals surface area (Å²) in [6.07, 6.45) is 1.00. The van der Waals surface area contributed by atoms with Crippen molar-refractivity contribution in [2.45, 2.75) is 25.0 Å². The first-order valence-corrected chi connectivity index (χ1v) is 5.32. The van der Waals surface area contributed by atoms with Crippen molar-refractivity contribution in [3.63, 3.8) is 0 Å². The first-order valence-electron chi connectivity index (χ1n) is 3.80. The molecule has 0 bridgehead atoms. The minimum Gasteiger partial charge on any atom is -0.298 e. The number of halogens is 1. The van der Waals surface area contributed by atoms with Crippen molar-refractivity contribution in [2.75, 3.05) is 11.6 Å². The van der Waals surface area contributed by atoms with Crippen molar-refractivity contribution in [1.29, 1.82) is 0 Å².